The monoisotopic (exact) mass is 295 g/mol. The maximum Gasteiger partial charge on any atom is 0.307 e. The third-order valence-electron chi connectivity index (χ3n) is 3.88. The summed E-state index contributed by atoms with van der Waals surface area (Å²) in [7, 11) is 0. The van der Waals surface area contributed by atoms with Crippen LogP contribution in [0.3, 0.4) is 0 Å². The van der Waals surface area contributed by atoms with Crippen LogP contribution in [-0.2, 0) is 16.0 Å². The van der Waals surface area contributed by atoms with Gasteiger partial charge in [-0.15, -0.1) is 0 Å². The van der Waals surface area contributed by atoms with Crippen LogP contribution in [0.4, 0.5) is 0 Å². The standard InChI is InChI=1S/C15H25N3O3/c1-6-12(7-2)16-15(21)11(5)18-10(4)13(8-14(19)20)9(3)17-18/h11-12H,6-8H2,1-5H3,(H,16,21)(H,19,20). The van der Waals surface area contributed by atoms with Crippen molar-refractivity contribution in [3.8, 4) is 0 Å². The molecular weight excluding hydrogens is 270 g/mol. The molecule has 0 aliphatic heterocycles. The summed E-state index contributed by atoms with van der Waals surface area (Å²) in [6, 6.07) is -0.290. The molecular formula is C15H25N3O3. The largest absolute Gasteiger partial charge is 0.481 e. The summed E-state index contributed by atoms with van der Waals surface area (Å²) < 4.78 is 1.62. The van der Waals surface area contributed by atoms with Crippen LogP contribution in [0.15, 0.2) is 0 Å². The molecule has 1 aromatic heterocycles. The van der Waals surface area contributed by atoms with E-state index in [0.717, 1.165) is 18.5 Å². The van der Waals surface area contributed by atoms with Crippen molar-refractivity contribution in [2.45, 2.75) is 66.0 Å². The molecule has 21 heavy (non-hydrogen) atoms. The van der Waals surface area contributed by atoms with Crippen molar-refractivity contribution in [3.05, 3.63) is 17.0 Å². The lowest BCUT2D eigenvalue weighted by Crippen LogP contribution is -2.38. The Kier molecular flexibility index (Phi) is 5.93. The topological polar surface area (TPSA) is 84.2 Å². The second-order valence-corrected chi connectivity index (χ2v) is 5.36. The van der Waals surface area contributed by atoms with Gasteiger partial charge in [-0.1, -0.05) is 13.8 Å². The Bertz CT molecular complexity index is 518. The molecule has 1 atom stereocenters. The van der Waals surface area contributed by atoms with E-state index in [9.17, 15) is 9.59 Å². The normalized spacial score (nSPS) is 12.5. The summed E-state index contributed by atoms with van der Waals surface area (Å²) in [5.74, 6) is -0.981. The highest BCUT2D eigenvalue weighted by Gasteiger charge is 2.23. The third kappa shape index (κ3) is 4.06. The minimum absolute atomic E-state index is 0.0709. The number of hydrogen-bond donors (Lipinski definition) is 2. The van der Waals surface area contributed by atoms with E-state index in [4.69, 9.17) is 5.11 Å². The number of carboxylic acid groups (broad SMARTS) is 1. The van der Waals surface area contributed by atoms with Crippen molar-refractivity contribution in [1.29, 1.82) is 0 Å². The summed E-state index contributed by atoms with van der Waals surface area (Å²) in [6.07, 6.45) is 1.70. The first-order valence-corrected chi connectivity index (χ1v) is 7.38. The SMILES string of the molecule is CCC(CC)NC(=O)C(C)n1nc(C)c(CC(=O)O)c1C. The average molecular weight is 295 g/mol. The lowest BCUT2D eigenvalue weighted by Gasteiger charge is -2.19. The van der Waals surface area contributed by atoms with E-state index in [1.54, 1.807) is 25.5 Å². The zero-order valence-electron chi connectivity index (χ0n) is 13.4. The van der Waals surface area contributed by atoms with E-state index in [1.165, 1.54) is 0 Å². The van der Waals surface area contributed by atoms with Gasteiger partial charge >= 0.3 is 5.97 Å². The first-order chi connectivity index (χ1) is 9.81. The van der Waals surface area contributed by atoms with E-state index in [0.29, 0.717) is 11.3 Å². The number of carboxylic acids is 1. The molecule has 1 rings (SSSR count). The fourth-order valence-electron chi connectivity index (χ4n) is 2.41. The van der Waals surface area contributed by atoms with Crippen LogP contribution < -0.4 is 5.32 Å². The molecule has 0 bridgehead atoms. The number of hydrogen-bond acceptors (Lipinski definition) is 3. The van der Waals surface area contributed by atoms with Crippen LogP contribution in [0.1, 0.15) is 56.6 Å². The molecule has 0 aromatic carbocycles. The summed E-state index contributed by atoms with van der Waals surface area (Å²) in [5.41, 5.74) is 2.09. The summed E-state index contributed by atoms with van der Waals surface area (Å²) in [5, 5.41) is 16.3. The molecule has 118 valence electrons. The smallest absolute Gasteiger partial charge is 0.307 e. The first-order valence-electron chi connectivity index (χ1n) is 7.38. The number of rotatable bonds is 7. The molecule has 0 spiro atoms. The van der Waals surface area contributed by atoms with Gasteiger partial charge in [-0.05, 0) is 33.6 Å². The Morgan fingerprint density at radius 1 is 1.29 bits per heavy atom. The zero-order chi connectivity index (χ0) is 16.2. The lowest BCUT2D eigenvalue weighted by atomic mass is 10.1. The van der Waals surface area contributed by atoms with E-state index in [-0.39, 0.29) is 18.4 Å². The molecule has 0 aliphatic rings. The lowest BCUT2D eigenvalue weighted by molar-refractivity contribution is -0.136. The van der Waals surface area contributed by atoms with Crippen LogP contribution in [0.2, 0.25) is 0 Å². The van der Waals surface area contributed by atoms with Crippen molar-refractivity contribution in [1.82, 2.24) is 15.1 Å². The Morgan fingerprint density at radius 2 is 1.86 bits per heavy atom. The maximum absolute atomic E-state index is 12.3. The quantitative estimate of drug-likeness (QED) is 0.805. The van der Waals surface area contributed by atoms with Crippen molar-refractivity contribution in [3.63, 3.8) is 0 Å². The van der Waals surface area contributed by atoms with E-state index in [1.807, 2.05) is 13.8 Å². The predicted molar refractivity (Wildman–Crippen MR) is 80.3 cm³/mol. The van der Waals surface area contributed by atoms with Gasteiger partial charge in [0.1, 0.15) is 6.04 Å². The molecule has 0 radical (unpaired) electrons. The van der Waals surface area contributed by atoms with Crippen LogP contribution in [0, 0.1) is 13.8 Å². The van der Waals surface area contributed by atoms with E-state index < -0.39 is 12.0 Å². The van der Waals surface area contributed by atoms with Crippen LogP contribution in [0.25, 0.3) is 0 Å². The van der Waals surface area contributed by atoms with Gasteiger partial charge in [0.05, 0.1) is 12.1 Å². The fraction of sp³-hybridized carbons (Fsp3) is 0.667. The molecule has 1 aromatic rings. The van der Waals surface area contributed by atoms with E-state index >= 15 is 0 Å². The Labute approximate surface area is 125 Å². The van der Waals surface area contributed by atoms with Crippen LogP contribution in [0.5, 0.6) is 0 Å². The highest BCUT2D eigenvalue weighted by molar-refractivity contribution is 5.80. The van der Waals surface area contributed by atoms with Gasteiger partial charge in [0.25, 0.3) is 0 Å². The number of carbonyl (C=O) groups is 2. The van der Waals surface area contributed by atoms with Gasteiger partial charge in [-0.3, -0.25) is 14.3 Å². The Hall–Kier alpha value is -1.85. The first kappa shape index (κ1) is 17.2. The molecule has 0 saturated heterocycles. The molecule has 6 heteroatoms. The van der Waals surface area contributed by atoms with Crippen LogP contribution >= 0.6 is 0 Å². The van der Waals surface area contributed by atoms with Gasteiger partial charge in [0.15, 0.2) is 0 Å². The Morgan fingerprint density at radius 3 is 2.33 bits per heavy atom. The number of nitrogens with zero attached hydrogens (tertiary/aromatic N) is 2. The zero-order valence-corrected chi connectivity index (χ0v) is 13.4. The molecule has 0 saturated carbocycles. The number of aliphatic carboxylic acids is 1. The minimum atomic E-state index is -0.894. The summed E-state index contributed by atoms with van der Waals surface area (Å²) in [6.45, 7) is 9.43. The van der Waals surface area contributed by atoms with Crippen molar-refractivity contribution >= 4 is 11.9 Å². The summed E-state index contributed by atoms with van der Waals surface area (Å²) >= 11 is 0. The molecule has 2 N–H and O–H groups in total. The van der Waals surface area contributed by atoms with Gasteiger partial charge < -0.3 is 10.4 Å². The highest BCUT2D eigenvalue weighted by atomic mass is 16.4. The van der Waals surface area contributed by atoms with Crippen molar-refractivity contribution < 1.29 is 14.7 Å². The second kappa shape index (κ2) is 7.24. The Balaban J connectivity index is 2.95. The fourth-order valence-corrected chi connectivity index (χ4v) is 2.41. The number of nitrogens with one attached hydrogen (secondary N) is 1. The second-order valence-electron chi connectivity index (χ2n) is 5.36. The summed E-state index contributed by atoms with van der Waals surface area (Å²) in [4.78, 5) is 23.2. The van der Waals surface area contributed by atoms with Crippen molar-refractivity contribution in [2.24, 2.45) is 0 Å². The predicted octanol–water partition coefficient (Wildman–Crippen LogP) is 1.99. The van der Waals surface area contributed by atoms with Gasteiger partial charge in [0, 0.05) is 17.3 Å². The molecule has 1 amide bonds. The van der Waals surface area contributed by atoms with E-state index in [2.05, 4.69) is 10.4 Å². The van der Waals surface area contributed by atoms with Gasteiger partial charge in [0.2, 0.25) is 5.91 Å². The highest BCUT2D eigenvalue weighted by Crippen LogP contribution is 2.18. The van der Waals surface area contributed by atoms with Crippen molar-refractivity contribution in [2.75, 3.05) is 0 Å². The number of carbonyl (C=O) groups excluding carboxylic acids is 1. The minimum Gasteiger partial charge on any atom is -0.481 e. The average Bonchev–Trinajstić information content (AvgIpc) is 2.71. The maximum atomic E-state index is 12.3. The van der Waals surface area contributed by atoms with Crippen LogP contribution in [-0.4, -0.2) is 32.8 Å². The molecule has 6 nitrogen and oxygen atoms in total. The molecule has 0 aliphatic carbocycles. The third-order valence-corrected chi connectivity index (χ3v) is 3.88. The number of amides is 1. The molecule has 0 fully saturated rings. The van der Waals surface area contributed by atoms with Gasteiger partial charge in [-0.25, -0.2) is 0 Å². The number of aromatic nitrogens is 2. The molecule has 1 heterocycles. The van der Waals surface area contributed by atoms with Gasteiger partial charge in [-0.2, -0.15) is 5.10 Å². The number of aryl methyl sites for hydroxylation is 1. The molecule has 1 unspecified atom stereocenters.